The molecule has 1 spiro atoms. The third-order valence-corrected chi connectivity index (χ3v) is 18.0. The summed E-state index contributed by atoms with van der Waals surface area (Å²) >= 11 is 0. The minimum absolute atomic E-state index is 0.472. The van der Waals surface area contributed by atoms with E-state index in [4.69, 9.17) is 4.42 Å². The number of furan rings is 1. The van der Waals surface area contributed by atoms with Crippen LogP contribution < -0.4 is 4.90 Å². The molecule has 15 aromatic carbocycles. The SMILES string of the molecule is c1ccc(-c2ccc(N(c3ccc4c(c3)C3(c5ccccc5-c5ccccc53)c3ccccc3-4)c3ccc4ccc5c(-c6ccc7oc8cc9c%10ccccc%10c%10ccccc%10c9cc8c7c6)ccc6ccc3c4c65)cc2)cc1. The van der Waals surface area contributed by atoms with E-state index in [9.17, 15) is 0 Å². The average Bonchev–Trinajstić information content (AvgIpc) is 3.44. The minimum Gasteiger partial charge on any atom is -0.456 e. The number of hydrogen-bond acceptors (Lipinski definition) is 2. The van der Waals surface area contributed by atoms with Crippen molar-refractivity contribution in [3.63, 3.8) is 0 Å². The second kappa shape index (κ2) is 15.9. The van der Waals surface area contributed by atoms with Gasteiger partial charge in [0.1, 0.15) is 11.2 Å². The lowest BCUT2D eigenvalue weighted by atomic mass is 9.70. The highest BCUT2D eigenvalue weighted by Gasteiger charge is 2.51. The number of rotatable bonds is 5. The van der Waals surface area contributed by atoms with E-state index in [1.54, 1.807) is 0 Å². The van der Waals surface area contributed by atoms with Gasteiger partial charge in [-0.1, -0.05) is 218 Å². The fourth-order valence-corrected chi connectivity index (χ4v) is 14.7. The fraction of sp³-hybridized carbons (Fsp3) is 0.0130. The first-order chi connectivity index (χ1) is 39.2. The van der Waals surface area contributed by atoms with Crippen LogP contribution in [0.2, 0.25) is 0 Å². The average molecular weight is 1000 g/mol. The largest absolute Gasteiger partial charge is 0.456 e. The van der Waals surface area contributed by atoms with Crippen LogP contribution in [0.1, 0.15) is 22.3 Å². The fourth-order valence-electron chi connectivity index (χ4n) is 14.7. The summed E-state index contributed by atoms with van der Waals surface area (Å²) in [4.78, 5) is 2.51. The van der Waals surface area contributed by atoms with E-state index in [1.165, 1.54) is 131 Å². The molecule has 1 aromatic heterocycles. The molecule has 0 atom stereocenters. The van der Waals surface area contributed by atoms with Gasteiger partial charge in [0.05, 0.1) is 11.1 Å². The predicted molar refractivity (Wildman–Crippen MR) is 332 cm³/mol. The van der Waals surface area contributed by atoms with Crippen molar-refractivity contribution < 1.29 is 4.42 Å². The lowest BCUT2D eigenvalue weighted by Crippen LogP contribution is -2.26. The van der Waals surface area contributed by atoms with Crippen molar-refractivity contribution in [2.75, 3.05) is 4.90 Å². The number of nitrogens with zero attached hydrogens (tertiary/aromatic N) is 1. The van der Waals surface area contributed by atoms with E-state index in [0.29, 0.717) is 0 Å². The van der Waals surface area contributed by atoms with Gasteiger partial charge in [-0.05, 0) is 181 Å². The molecule has 2 aliphatic carbocycles. The molecule has 0 fully saturated rings. The van der Waals surface area contributed by atoms with Gasteiger partial charge in [0.15, 0.2) is 0 Å². The highest BCUT2D eigenvalue weighted by molar-refractivity contribution is 6.30. The molecular formula is C77H45NO. The summed E-state index contributed by atoms with van der Waals surface area (Å²) in [5.41, 5.74) is 20.0. The van der Waals surface area contributed by atoms with Crippen LogP contribution in [0.5, 0.6) is 0 Å². The van der Waals surface area contributed by atoms with Gasteiger partial charge >= 0.3 is 0 Å². The molecule has 0 amide bonds. The van der Waals surface area contributed by atoms with Crippen LogP contribution in [0.15, 0.2) is 277 Å². The van der Waals surface area contributed by atoms with E-state index >= 15 is 0 Å². The lowest BCUT2D eigenvalue weighted by Gasteiger charge is -2.32. The molecule has 79 heavy (non-hydrogen) atoms. The van der Waals surface area contributed by atoms with E-state index in [1.807, 2.05) is 0 Å². The molecule has 16 aromatic rings. The zero-order chi connectivity index (χ0) is 51.5. The second-order valence-electron chi connectivity index (χ2n) is 21.8. The van der Waals surface area contributed by atoms with Gasteiger partial charge in [-0.2, -0.15) is 0 Å². The standard InChI is InChI=1S/C77H45NO/c1-2-14-46(15-3-1)47-26-33-51(34-27-47)78(52-35-39-61-60-22-10-13-25-70(60)77(71(61)43-52)68-23-11-8-20-58(68)59-21-9-12-24-69(59)77)72-40-31-49-29-37-62-53(36-28-48-30-38-63(72)76(49)75(48)62)50-32-41-73-66(42-50)67-44-64-56-18-6-4-16-54(56)55-17-5-7-19-57(55)65(64)45-74(67)79-73/h1-45H. The Morgan fingerprint density at radius 1 is 0.253 bits per heavy atom. The van der Waals surface area contributed by atoms with E-state index in [0.717, 1.165) is 39.0 Å². The highest BCUT2D eigenvalue weighted by Crippen LogP contribution is 2.63. The summed E-state index contributed by atoms with van der Waals surface area (Å²) in [6, 6.07) is 102. The summed E-state index contributed by atoms with van der Waals surface area (Å²) < 4.78 is 6.72. The first kappa shape index (κ1) is 42.9. The molecular weight excluding hydrogens is 955 g/mol. The molecule has 364 valence electrons. The van der Waals surface area contributed by atoms with Gasteiger partial charge in [0.2, 0.25) is 0 Å². The molecule has 0 radical (unpaired) electrons. The predicted octanol–water partition coefficient (Wildman–Crippen LogP) is 21.1. The first-order valence-electron chi connectivity index (χ1n) is 27.5. The van der Waals surface area contributed by atoms with Gasteiger partial charge in [-0.3, -0.25) is 0 Å². The Morgan fingerprint density at radius 2 is 0.734 bits per heavy atom. The van der Waals surface area contributed by atoms with Crippen molar-refractivity contribution in [3.05, 3.63) is 295 Å². The zero-order valence-corrected chi connectivity index (χ0v) is 42.8. The maximum Gasteiger partial charge on any atom is 0.136 e. The number of anilines is 3. The summed E-state index contributed by atoms with van der Waals surface area (Å²) in [5, 5.41) is 17.2. The Hall–Kier alpha value is -10.3. The molecule has 0 saturated heterocycles. The van der Waals surface area contributed by atoms with Gasteiger partial charge < -0.3 is 9.32 Å². The summed E-state index contributed by atoms with van der Waals surface area (Å²) in [6.07, 6.45) is 0. The Morgan fingerprint density at radius 3 is 1.41 bits per heavy atom. The van der Waals surface area contributed by atoms with Gasteiger partial charge in [-0.25, -0.2) is 0 Å². The van der Waals surface area contributed by atoms with E-state index in [-0.39, 0.29) is 0 Å². The zero-order valence-electron chi connectivity index (χ0n) is 42.8. The van der Waals surface area contributed by atoms with Gasteiger partial charge in [0, 0.05) is 27.5 Å². The minimum atomic E-state index is -0.472. The van der Waals surface area contributed by atoms with Crippen molar-refractivity contribution >= 4 is 104 Å². The Labute approximate surface area is 455 Å². The Kier molecular flexibility index (Phi) is 8.63. The van der Waals surface area contributed by atoms with Gasteiger partial charge in [0.25, 0.3) is 0 Å². The number of hydrogen-bond donors (Lipinski definition) is 0. The van der Waals surface area contributed by atoms with E-state index in [2.05, 4.69) is 278 Å². The molecule has 0 unspecified atom stereocenters. The quantitative estimate of drug-likeness (QED) is 0.160. The van der Waals surface area contributed by atoms with Crippen LogP contribution in [0, 0.1) is 0 Å². The molecule has 18 rings (SSSR count). The van der Waals surface area contributed by atoms with Crippen molar-refractivity contribution in [1.29, 1.82) is 0 Å². The molecule has 0 aliphatic heterocycles. The number of fused-ring (bicyclic) bond motifs is 19. The second-order valence-corrected chi connectivity index (χ2v) is 21.8. The Bertz CT molecular complexity index is 5190. The number of benzene rings is 15. The van der Waals surface area contributed by atoms with Crippen molar-refractivity contribution in [2.24, 2.45) is 0 Å². The summed E-state index contributed by atoms with van der Waals surface area (Å²) in [7, 11) is 0. The maximum atomic E-state index is 6.72. The van der Waals surface area contributed by atoms with Crippen LogP contribution in [0.4, 0.5) is 17.1 Å². The summed E-state index contributed by atoms with van der Waals surface area (Å²) in [5.74, 6) is 0. The van der Waals surface area contributed by atoms with Crippen molar-refractivity contribution in [3.8, 4) is 44.5 Å². The smallest absolute Gasteiger partial charge is 0.136 e. The molecule has 2 heteroatoms. The lowest BCUT2D eigenvalue weighted by molar-refractivity contribution is 0.669. The van der Waals surface area contributed by atoms with Crippen LogP contribution in [-0.4, -0.2) is 0 Å². The monoisotopic (exact) mass is 999 g/mol. The molecule has 0 saturated carbocycles. The third-order valence-electron chi connectivity index (χ3n) is 18.0. The third kappa shape index (κ3) is 5.79. The first-order valence-corrected chi connectivity index (χ1v) is 27.5. The molecule has 2 nitrogen and oxygen atoms in total. The molecule has 0 bridgehead atoms. The van der Waals surface area contributed by atoms with Crippen LogP contribution in [-0.2, 0) is 5.41 Å². The van der Waals surface area contributed by atoms with Crippen LogP contribution in [0.3, 0.4) is 0 Å². The maximum absolute atomic E-state index is 6.72. The molecule has 0 N–H and O–H groups in total. The van der Waals surface area contributed by atoms with Crippen LogP contribution >= 0.6 is 0 Å². The van der Waals surface area contributed by atoms with Crippen molar-refractivity contribution in [2.45, 2.75) is 5.41 Å². The highest BCUT2D eigenvalue weighted by atomic mass is 16.3. The topological polar surface area (TPSA) is 16.4 Å². The normalized spacial score (nSPS) is 13.2. The molecule has 2 aliphatic rings. The van der Waals surface area contributed by atoms with Gasteiger partial charge in [-0.15, -0.1) is 0 Å². The van der Waals surface area contributed by atoms with E-state index < -0.39 is 5.41 Å². The van der Waals surface area contributed by atoms with Crippen molar-refractivity contribution in [1.82, 2.24) is 0 Å². The van der Waals surface area contributed by atoms with Crippen LogP contribution in [0.25, 0.3) is 131 Å². The Balaban J connectivity index is 0.843. The summed E-state index contributed by atoms with van der Waals surface area (Å²) in [6.45, 7) is 0. The molecule has 1 heterocycles.